The first-order valence-electron chi connectivity index (χ1n) is 2.67. The molecule has 0 aliphatic heterocycles. The van der Waals surface area contributed by atoms with E-state index in [0.717, 1.165) is 0 Å². The Morgan fingerprint density at radius 1 is 1.56 bits per heavy atom. The molecular weight excluding hydrogens is 116 g/mol. The van der Waals surface area contributed by atoms with Crippen molar-refractivity contribution in [1.29, 1.82) is 10.5 Å². The molecule has 2 unspecified atom stereocenters. The second kappa shape index (κ2) is 3.88. The highest BCUT2D eigenvalue weighted by Gasteiger charge is 2.11. The van der Waals surface area contributed by atoms with Gasteiger partial charge in [-0.05, 0) is 6.92 Å². The predicted octanol–water partition coefficient (Wildman–Crippen LogP) is 0.421. The third kappa shape index (κ3) is 2.69. The zero-order valence-electron chi connectivity index (χ0n) is 5.20. The van der Waals surface area contributed by atoms with E-state index in [-0.39, 0.29) is 6.42 Å². The molecule has 0 aromatic carbocycles. The molecule has 3 heteroatoms. The first-order chi connectivity index (χ1) is 4.22. The van der Waals surface area contributed by atoms with Gasteiger partial charge in [0.15, 0.2) is 0 Å². The summed E-state index contributed by atoms with van der Waals surface area (Å²) in [4.78, 5) is 0. The smallest absolute Gasteiger partial charge is 0.0825 e. The first-order valence-corrected chi connectivity index (χ1v) is 2.67. The fourth-order valence-electron chi connectivity index (χ4n) is 0.356. The SMILES string of the molecule is CC(C#N)C(O)CC#N. The van der Waals surface area contributed by atoms with Crippen molar-refractivity contribution in [3.05, 3.63) is 0 Å². The first kappa shape index (κ1) is 7.94. The molecule has 0 aromatic heterocycles. The molecule has 0 aromatic rings. The van der Waals surface area contributed by atoms with Gasteiger partial charge in [0.2, 0.25) is 0 Å². The van der Waals surface area contributed by atoms with Gasteiger partial charge >= 0.3 is 0 Å². The molecule has 0 amide bonds. The molecule has 0 bridgehead atoms. The number of nitrogens with zero attached hydrogens (tertiary/aromatic N) is 2. The molecular formula is C6H8N2O. The van der Waals surface area contributed by atoms with Crippen LogP contribution in [0.4, 0.5) is 0 Å². The van der Waals surface area contributed by atoms with Crippen LogP contribution in [0.5, 0.6) is 0 Å². The van der Waals surface area contributed by atoms with Crippen LogP contribution in [0.1, 0.15) is 13.3 Å². The van der Waals surface area contributed by atoms with Crippen LogP contribution in [0.2, 0.25) is 0 Å². The van der Waals surface area contributed by atoms with Crippen molar-refractivity contribution in [2.24, 2.45) is 5.92 Å². The highest BCUT2D eigenvalue weighted by atomic mass is 16.3. The fourth-order valence-corrected chi connectivity index (χ4v) is 0.356. The van der Waals surface area contributed by atoms with Crippen molar-refractivity contribution >= 4 is 0 Å². The minimum absolute atomic E-state index is 0.0364. The minimum atomic E-state index is -0.792. The van der Waals surface area contributed by atoms with Crippen molar-refractivity contribution < 1.29 is 5.11 Å². The molecule has 0 rings (SSSR count). The maximum absolute atomic E-state index is 8.87. The molecule has 1 N–H and O–H groups in total. The molecule has 2 atom stereocenters. The summed E-state index contributed by atoms with van der Waals surface area (Å²) >= 11 is 0. The number of rotatable bonds is 2. The van der Waals surface area contributed by atoms with E-state index < -0.39 is 12.0 Å². The van der Waals surface area contributed by atoms with E-state index in [1.54, 1.807) is 13.0 Å². The van der Waals surface area contributed by atoms with Gasteiger partial charge in [0.25, 0.3) is 0 Å². The van der Waals surface area contributed by atoms with Gasteiger partial charge < -0.3 is 5.11 Å². The summed E-state index contributed by atoms with van der Waals surface area (Å²) in [6.07, 6.45) is -0.755. The zero-order chi connectivity index (χ0) is 7.28. The molecule has 0 saturated carbocycles. The van der Waals surface area contributed by atoms with Crippen molar-refractivity contribution in [2.75, 3.05) is 0 Å². The summed E-state index contributed by atoms with van der Waals surface area (Å²) < 4.78 is 0. The van der Waals surface area contributed by atoms with E-state index in [0.29, 0.717) is 0 Å². The molecule has 3 nitrogen and oxygen atoms in total. The Morgan fingerprint density at radius 2 is 2.11 bits per heavy atom. The number of nitriles is 2. The Kier molecular flexibility index (Phi) is 3.43. The maximum atomic E-state index is 8.87. The Hall–Kier alpha value is -1.06. The van der Waals surface area contributed by atoms with Crippen molar-refractivity contribution in [2.45, 2.75) is 19.4 Å². The number of aliphatic hydroxyl groups is 1. The number of hydrogen-bond donors (Lipinski definition) is 1. The van der Waals surface area contributed by atoms with E-state index >= 15 is 0 Å². The van der Waals surface area contributed by atoms with Gasteiger partial charge in [-0.1, -0.05) is 0 Å². The van der Waals surface area contributed by atoms with E-state index in [4.69, 9.17) is 15.6 Å². The van der Waals surface area contributed by atoms with Gasteiger partial charge in [0.05, 0.1) is 30.6 Å². The largest absolute Gasteiger partial charge is 0.391 e. The summed E-state index contributed by atoms with van der Waals surface area (Å²) in [6, 6.07) is 3.63. The quantitative estimate of drug-likeness (QED) is 0.580. The highest BCUT2D eigenvalue weighted by molar-refractivity contribution is 4.89. The fraction of sp³-hybridized carbons (Fsp3) is 0.667. The Morgan fingerprint density at radius 3 is 2.44 bits per heavy atom. The molecule has 48 valence electrons. The molecule has 0 spiro atoms. The Balaban J connectivity index is 3.65. The average Bonchev–Trinajstić information content (AvgIpc) is 1.87. The molecule has 0 saturated heterocycles. The third-order valence-electron chi connectivity index (χ3n) is 1.08. The summed E-state index contributed by atoms with van der Waals surface area (Å²) in [7, 11) is 0. The van der Waals surface area contributed by atoms with Gasteiger partial charge in [-0.3, -0.25) is 0 Å². The van der Waals surface area contributed by atoms with Crippen LogP contribution >= 0.6 is 0 Å². The third-order valence-corrected chi connectivity index (χ3v) is 1.08. The van der Waals surface area contributed by atoms with Crippen LogP contribution in [0, 0.1) is 28.6 Å². The van der Waals surface area contributed by atoms with E-state index in [2.05, 4.69) is 0 Å². The lowest BCUT2D eigenvalue weighted by Gasteiger charge is -2.05. The van der Waals surface area contributed by atoms with Gasteiger partial charge in [-0.25, -0.2) is 0 Å². The van der Waals surface area contributed by atoms with Crippen molar-refractivity contribution in [3.63, 3.8) is 0 Å². The monoisotopic (exact) mass is 124 g/mol. The highest BCUT2D eigenvalue weighted by Crippen LogP contribution is 2.03. The lowest BCUT2D eigenvalue weighted by molar-refractivity contribution is 0.145. The normalized spacial score (nSPS) is 15.1. The molecule has 9 heavy (non-hydrogen) atoms. The molecule has 0 fully saturated rings. The van der Waals surface area contributed by atoms with Gasteiger partial charge in [-0.2, -0.15) is 10.5 Å². The second-order valence-electron chi connectivity index (χ2n) is 1.85. The van der Waals surface area contributed by atoms with E-state index in [1.165, 1.54) is 0 Å². The Labute approximate surface area is 54.1 Å². The summed E-state index contributed by atoms with van der Waals surface area (Å²) in [6.45, 7) is 1.59. The molecule has 0 aliphatic rings. The zero-order valence-corrected chi connectivity index (χ0v) is 5.20. The van der Waals surface area contributed by atoms with Crippen LogP contribution in [0.25, 0.3) is 0 Å². The lowest BCUT2D eigenvalue weighted by atomic mass is 10.1. The average molecular weight is 124 g/mol. The predicted molar refractivity (Wildman–Crippen MR) is 31.0 cm³/mol. The van der Waals surface area contributed by atoms with E-state index in [1.807, 2.05) is 6.07 Å². The van der Waals surface area contributed by atoms with Crippen LogP contribution in [-0.4, -0.2) is 11.2 Å². The molecule has 0 aliphatic carbocycles. The van der Waals surface area contributed by atoms with Crippen molar-refractivity contribution in [3.8, 4) is 12.1 Å². The summed E-state index contributed by atoms with van der Waals surface area (Å²) in [5.74, 6) is -0.440. The second-order valence-corrected chi connectivity index (χ2v) is 1.85. The van der Waals surface area contributed by atoms with Crippen molar-refractivity contribution in [1.82, 2.24) is 0 Å². The Bertz CT molecular complexity index is 153. The van der Waals surface area contributed by atoms with Gasteiger partial charge in [0, 0.05) is 0 Å². The maximum Gasteiger partial charge on any atom is 0.0825 e. The van der Waals surface area contributed by atoms with Crippen LogP contribution < -0.4 is 0 Å². The van der Waals surface area contributed by atoms with Crippen LogP contribution in [0.3, 0.4) is 0 Å². The molecule has 0 radical (unpaired) electrons. The number of aliphatic hydroxyl groups excluding tert-OH is 1. The minimum Gasteiger partial charge on any atom is -0.391 e. The van der Waals surface area contributed by atoms with Gasteiger partial charge in [-0.15, -0.1) is 0 Å². The topological polar surface area (TPSA) is 67.8 Å². The molecule has 0 heterocycles. The van der Waals surface area contributed by atoms with Crippen LogP contribution in [0.15, 0.2) is 0 Å². The standard InChI is InChI=1S/C6H8N2O/c1-5(4-8)6(9)2-3-7/h5-6,9H,2H2,1H3. The lowest BCUT2D eigenvalue weighted by Crippen LogP contribution is -2.14. The van der Waals surface area contributed by atoms with Gasteiger partial charge in [0.1, 0.15) is 0 Å². The number of hydrogen-bond acceptors (Lipinski definition) is 3. The summed E-state index contributed by atoms with van der Waals surface area (Å²) in [5.41, 5.74) is 0. The van der Waals surface area contributed by atoms with Crippen LogP contribution in [-0.2, 0) is 0 Å². The van der Waals surface area contributed by atoms with E-state index in [9.17, 15) is 0 Å². The summed E-state index contributed by atoms with van der Waals surface area (Å²) in [5, 5.41) is 25.1.